The van der Waals surface area contributed by atoms with Crippen LogP contribution >= 0.6 is 0 Å². The Bertz CT molecular complexity index is 182. The number of rotatable bonds is 6. The van der Waals surface area contributed by atoms with E-state index in [1.807, 2.05) is 0 Å². The molecule has 96 valence electrons. The van der Waals surface area contributed by atoms with Gasteiger partial charge in [-0.2, -0.15) is 0 Å². The summed E-state index contributed by atoms with van der Waals surface area (Å²) in [6.45, 7) is 14.3. The Morgan fingerprint density at radius 2 is 2.00 bits per heavy atom. The molecule has 1 aliphatic heterocycles. The van der Waals surface area contributed by atoms with Gasteiger partial charge in [-0.3, -0.25) is 4.90 Å². The van der Waals surface area contributed by atoms with Crippen LogP contribution in [0.4, 0.5) is 0 Å². The monoisotopic (exact) mass is 226 g/mol. The molecule has 0 radical (unpaired) electrons. The topological polar surface area (TPSA) is 15.3 Å². The Hall–Kier alpha value is -0.0800. The molecule has 1 heterocycles. The maximum Gasteiger partial charge on any atom is 0.0218 e. The van der Waals surface area contributed by atoms with E-state index in [1.54, 1.807) is 0 Å². The van der Waals surface area contributed by atoms with Crippen LogP contribution < -0.4 is 5.32 Å². The van der Waals surface area contributed by atoms with E-state index in [9.17, 15) is 0 Å². The van der Waals surface area contributed by atoms with Gasteiger partial charge in [-0.1, -0.05) is 27.7 Å². The first-order chi connectivity index (χ1) is 7.69. The molecule has 0 aliphatic carbocycles. The van der Waals surface area contributed by atoms with E-state index in [1.165, 1.54) is 38.9 Å². The van der Waals surface area contributed by atoms with Crippen LogP contribution in [0.5, 0.6) is 0 Å². The summed E-state index contributed by atoms with van der Waals surface area (Å²) >= 11 is 0. The maximum absolute atomic E-state index is 3.57. The molecule has 16 heavy (non-hydrogen) atoms. The zero-order valence-electron chi connectivity index (χ0n) is 11.6. The molecule has 0 aromatic heterocycles. The first-order valence-electron chi connectivity index (χ1n) is 7.13. The molecule has 0 amide bonds. The van der Waals surface area contributed by atoms with Gasteiger partial charge in [0.1, 0.15) is 0 Å². The van der Waals surface area contributed by atoms with Crippen molar-refractivity contribution >= 4 is 0 Å². The molecule has 1 rings (SSSR count). The second-order valence-electron chi connectivity index (χ2n) is 5.50. The molecule has 0 bridgehead atoms. The molecular formula is C14H30N2. The van der Waals surface area contributed by atoms with Crippen LogP contribution in [0, 0.1) is 11.8 Å². The van der Waals surface area contributed by atoms with Gasteiger partial charge >= 0.3 is 0 Å². The van der Waals surface area contributed by atoms with Crippen molar-refractivity contribution in [1.29, 1.82) is 0 Å². The highest BCUT2D eigenvalue weighted by molar-refractivity contribution is 4.81. The van der Waals surface area contributed by atoms with Gasteiger partial charge in [0.15, 0.2) is 0 Å². The SMILES string of the molecule is CCCNCC(CC)N1CCC(C)C(C)C1. The minimum Gasteiger partial charge on any atom is -0.315 e. The summed E-state index contributed by atoms with van der Waals surface area (Å²) in [5, 5.41) is 3.57. The number of hydrogen-bond donors (Lipinski definition) is 1. The summed E-state index contributed by atoms with van der Waals surface area (Å²) in [5.41, 5.74) is 0. The van der Waals surface area contributed by atoms with Crippen molar-refractivity contribution in [3.8, 4) is 0 Å². The first-order valence-corrected chi connectivity index (χ1v) is 7.13. The predicted octanol–water partition coefficient (Wildman–Crippen LogP) is 2.74. The van der Waals surface area contributed by atoms with Crippen molar-refractivity contribution < 1.29 is 0 Å². The lowest BCUT2D eigenvalue weighted by Crippen LogP contribution is -2.48. The zero-order chi connectivity index (χ0) is 12.0. The van der Waals surface area contributed by atoms with Gasteiger partial charge in [0.2, 0.25) is 0 Å². The summed E-state index contributed by atoms with van der Waals surface area (Å²) in [7, 11) is 0. The molecular weight excluding hydrogens is 196 g/mol. The number of nitrogens with one attached hydrogen (secondary N) is 1. The van der Waals surface area contributed by atoms with E-state index < -0.39 is 0 Å². The van der Waals surface area contributed by atoms with Gasteiger partial charge in [0.25, 0.3) is 0 Å². The van der Waals surface area contributed by atoms with E-state index in [0.29, 0.717) is 0 Å². The third-order valence-corrected chi connectivity index (χ3v) is 4.16. The van der Waals surface area contributed by atoms with Crippen LogP contribution in [-0.2, 0) is 0 Å². The Morgan fingerprint density at radius 3 is 2.56 bits per heavy atom. The average Bonchev–Trinajstić information content (AvgIpc) is 2.29. The van der Waals surface area contributed by atoms with Crippen molar-refractivity contribution in [2.45, 2.75) is 53.0 Å². The number of nitrogens with zero attached hydrogens (tertiary/aromatic N) is 1. The standard InChI is InChI=1S/C14H30N2/c1-5-8-15-10-14(6-2)16-9-7-12(3)13(4)11-16/h12-15H,5-11H2,1-4H3. The van der Waals surface area contributed by atoms with Crippen LogP contribution in [0.3, 0.4) is 0 Å². The van der Waals surface area contributed by atoms with Crippen molar-refractivity contribution in [2.75, 3.05) is 26.2 Å². The quantitative estimate of drug-likeness (QED) is 0.701. The van der Waals surface area contributed by atoms with Gasteiger partial charge in [-0.05, 0) is 44.2 Å². The van der Waals surface area contributed by atoms with Gasteiger partial charge in [0, 0.05) is 19.1 Å². The minimum absolute atomic E-state index is 0.751. The van der Waals surface area contributed by atoms with Gasteiger partial charge in [0.05, 0.1) is 0 Å². The fraction of sp³-hybridized carbons (Fsp3) is 1.00. The van der Waals surface area contributed by atoms with Crippen molar-refractivity contribution in [2.24, 2.45) is 11.8 Å². The highest BCUT2D eigenvalue weighted by Gasteiger charge is 2.26. The molecule has 2 nitrogen and oxygen atoms in total. The largest absolute Gasteiger partial charge is 0.315 e. The molecule has 0 aromatic carbocycles. The Balaban J connectivity index is 2.34. The number of likely N-dealkylation sites (tertiary alicyclic amines) is 1. The third-order valence-electron chi connectivity index (χ3n) is 4.16. The van der Waals surface area contributed by atoms with Crippen LogP contribution in [0.2, 0.25) is 0 Å². The number of hydrogen-bond acceptors (Lipinski definition) is 2. The van der Waals surface area contributed by atoms with Crippen molar-refractivity contribution in [1.82, 2.24) is 10.2 Å². The third kappa shape index (κ3) is 4.06. The molecule has 3 unspecified atom stereocenters. The molecule has 0 spiro atoms. The minimum atomic E-state index is 0.751. The van der Waals surface area contributed by atoms with Crippen LogP contribution in [-0.4, -0.2) is 37.1 Å². The van der Waals surface area contributed by atoms with Crippen LogP contribution in [0.25, 0.3) is 0 Å². The molecule has 0 saturated carbocycles. The Morgan fingerprint density at radius 1 is 1.25 bits per heavy atom. The summed E-state index contributed by atoms with van der Waals surface area (Å²) in [5.74, 6) is 1.78. The molecule has 2 heteroatoms. The molecule has 1 N–H and O–H groups in total. The summed E-state index contributed by atoms with van der Waals surface area (Å²) in [6, 6.07) is 0.751. The van der Waals surface area contributed by atoms with Gasteiger partial charge < -0.3 is 5.32 Å². The van der Waals surface area contributed by atoms with E-state index in [0.717, 1.165) is 24.4 Å². The van der Waals surface area contributed by atoms with Gasteiger partial charge in [-0.15, -0.1) is 0 Å². The van der Waals surface area contributed by atoms with Crippen molar-refractivity contribution in [3.05, 3.63) is 0 Å². The van der Waals surface area contributed by atoms with E-state index >= 15 is 0 Å². The average molecular weight is 226 g/mol. The summed E-state index contributed by atoms with van der Waals surface area (Å²) in [4.78, 5) is 2.70. The zero-order valence-corrected chi connectivity index (χ0v) is 11.6. The van der Waals surface area contributed by atoms with Crippen LogP contribution in [0.15, 0.2) is 0 Å². The molecule has 1 fully saturated rings. The number of piperidine rings is 1. The molecule has 0 aromatic rings. The second-order valence-corrected chi connectivity index (χ2v) is 5.50. The molecule has 1 aliphatic rings. The maximum atomic E-state index is 3.57. The summed E-state index contributed by atoms with van der Waals surface area (Å²) < 4.78 is 0. The fourth-order valence-electron chi connectivity index (χ4n) is 2.60. The first kappa shape index (κ1) is 14.0. The predicted molar refractivity (Wildman–Crippen MR) is 71.8 cm³/mol. The summed E-state index contributed by atoms with van der Waals surface area (Å²) in [6.07, 6.45) is 3.90. The lowest BCUT2D eigenvalue weighted by molar-refractivity contribution is 0.0925. The van der Waals surface area contributed by atoms with E-state index in [-0.39, 0.29) is 0 Å². The molecule has 1 saturated heterocycles. The highest BCUT2D eigenvalue weighted by Crippen LogP contribution is 2.24. The van der Waals surface area contributed by atoms with Crippen molar-refractivity contribution in [3.63, 3.8) is 0 Å². The highest BCUT2D eigenvalue weighted by atomic mass is 15.2. The Kier molecular flexibility index (Phi) is 6.37. The van der Waals surface area contributed by atoms with Gasteiger partial charge in [-0.25, -0.2) is 0 Å². The second kappa shape index (κ2) is 7.29. The fourth-order valence-corrected chi connectivity index (χ4v) is 2.60. The lowest BCUT2D eigenvalue weighted by Gasteiger charge is -2.40. The normalized spacial score (nSPS) is 29.2. The smallest absolute Gasteiger partial charge is 0.0218 e. The van der Waals surface area contributed by atoms with Crippen LogP contribution in [0.1, 0.15) is 47.0 Å². The molecule has 3 atom stereocenters. The Labute approximate surface area is 102 Å². The van der Waals surface area contributed by atoms with E-state index in [2.05, 4.69) is 37.9 Å². The van der Waals surface area contributed by atoms with E-state index in [4.69, 9.17) is 0 Å². The lowest BCUT2D eigenvalue weighted by atomic mass is 9.87.